The van der Waals surface area contributed by atoms with Crippen LogP contribution in [0, 0.1) is 0 Å². The maximum atomic E-state index is 13.2. The number of nitrogens with zero attached hydrogens (tertiary/aromatic N) is 3. The molecule has 0 aliphatic carbocycles. The second-order valence-corrected chi connectivity index (χ2v) is 10.1. The largest absolute Gasteiger partial charge is 0.496 e. The van der Waals surface area contributed by atoms with Crippen LogP contribution in [0.2, 0.25) is 0 Å². The van der Waals surface area contributed by atoms with Gasteiger partial charge in [0.1, 0.15) is 11.5 Å². The van der Waals surface area contributed by atoms with Crippen LogP contribution in [0.3, 0.4) is 0 Å². The van der Waals surface area contributed by atoms with Crippen molar-refractivity contribution >= 4 is 12.0 Å². The number of carbonyl (C=O) groups excluding carboxylic acids is 1. The van der Waals surface area contributed by atoms with E-state index in [2.05, 4.69) is 64.4 Å². The predicted molar refractivity (Wildman–Crippen MR) is 159 cm³/mol. The van der Waals surface area contributed by atoms with Crippen LogP contribution < -0.4 is 4.74 Å². The van der Waals surface area contributed by atoms with Crippen LogP contribution in [0.1, 0.15) is 33.0 Å². The van der Waals surface area contributed by atoms with E-state index >= 15 is 0 Å². The lowest BCUT2D eigenvalue weighted by molar-refractivity contribution is 0.0615. The van der Waals surface area contributed by atoms with E-state index in [9.17, 15) is 4.79 Å². The van der Waals surface area contributed by atoms with Gasteiger partial charge in [0.15, 0.2) is 5.76 Å². The van der Waals surface area contributed by atoms with Gasteiger partial charge in [0.2, 0.25) is 0 Å². The van der Waals surface area contributed by atoms with Crippen molar-refractivity contribution in [1.29, 1.82) is 0 Å². The Morgan fingerprint density at radius 3 is 2.27 bits per heavy atom. The predicted octanol–water partition coefficient (Wildman–Crippen LogP) is 5.96. The molecule has 1 saturated heterocycles. The van der Waals surface area contributed by atoms with Crippen molar-refractivity contribution in [3.05, 3.63) is 131 Å². The third-order valence-corrected chi connectivity index (χ3v) is 7.22. The molecular weight excluding hydrogens is 498 g/mol. The smallest absolute Gasteiger partial charge is 0.289 e. The Balaban J connectivity index is 1.18. The molecule has 0 saturated carbocycles. The van der Waals surface area contributed by atoms with Gasteiger partial charge >= 0.3 is 0 Å². The average molecular weight is 536 g/mol. The first kappa shape index (κ1) is 27.4. The van der Waals surface area contributed by atoms with Gasteiger partial charge in [-0.05, 0) is 29.3 Å². The topological polar surface area (TPSA) is 49.2 Å². The quantitative estimate of drug-likeness (QED) is 0.237. The lowest BCUT2D eigenvalue weighted by Gasteiger charge is -2.33. The molecule has 6 nitrogen and oxygen atoms in total. The van der Waals surface area contributed by atoms with Crippen molar-refractivity contribution in [2.24, 2.45) is 0 Å². The summed E-state index contributed by atoms with van der Waals surface area (Å²) < 4.78 is 11.7. The molecule has 2 heterocycles. The number of hydrogen-bond acceptors (Lipinski definition) is 5. The molecule has 40 heavy (non-hydrogen) atoms. The molecule has 3 aromatic carbocycles. The first-order valence-electron chi connectivity index (χ1n) is 13.9. The number of furan rings is 1. The van der Waals surface area contributed by atoms with Crippen molar-refractivity contribution < 1.29 is 13.9 Å². The fourth-order valence-electron chi connectivity index (χ4n) is 5.07. The first-order chi connectivity index (χ1) is 19.7. The third-order valence-electron chi connectivity index (χ3n) is 7.22. The first-order valence-corrected chi connectivity index (χ1v) is 13.9. The minimum atomic E-state index is -0.0370. The summed E-state index contributed by atoms with van der Waals surface area (Å²) in [6.07, 6.45) is 4.34. The zero-order chi connectivity index (χ0) is 27.6. The van der Waals surface area contributed by atoms with E-state index in [4.69, 9.17) is 9.15 Å². The van der Waals surface area contributed by atoms with Crippen LogP contribution in [-0.2, 0) is 19.6 Å². The maximum absolute atomic E-state index is 13.2. The molecule has 0 unspecified atom stereocenters. The number of methoxy groups -OCH3 is 1. The van der Waals surface area contributed by atoms with Gasteiger partial charge in [0.25, 0.3) is 5.91 Å². The van der Waals surface area contributed by atoms with Gasteiger partial charge in [-0.15, -0.1) is 0 Å². The summed E-state index contributed by atoms with van der Waals surface area (Å²) >= 11 is 0. The number of amides is 1. The molecule has 0 spiro atoms. The lowest BCUT2D eigenvalue weighted by atomic mass is 10.1. The van der Waals surface area contributed by atoms with Gasteiger partial charge in [0, 0.05) is 51.4 Å². The summed E-state index contributed by atoms with van der Waals surface area (Å²) in [6, 6.07) is 32.5. The molecule has 5 rings (SSSR count). The number of carbonyl (C=O) groups is 1. The van der Waals surface area contributed by atoms with Crippen LogP contribution in [0.25, 0.3) is 6.08 Å². The summed E-state index contributed by atoms with van der Waals surface area (Å²) in [5.74, 6) is 2.01. The number of benzene rings is 3. The van der Waals surface area contributed by atoms with Crippen molar-refractivity contribution in [3.8, 4) is 5.75 Å². The fourth-order valence-corrected chi connectivity index (χ4v) is 5.07. The Morgan fingerprint density at radius 1 is 0.825 bits per heavy atom. The van der Waals surface area contributed by atoms with Crippen LogP contribution >= 0.6 is 0 Å². The van der Waals surface area contributed by atoms with E-state index in [1.165, 1.54) is 11.1 Å². The van der Waals surface area contributed by atoms with E-state index in [1.54, 1.807) is 7.11 Å². The summed E-state index contributed by atoms with van der Waals surface area (Å²) in [5.41, 5.74) is 3.53. The number of ether oxygens (including phenoxy) is 1. The highest BCUT2D eigenvalue weighted by Crippen LogP contribution is 2.23. The van der Waals surface area contributed by atoms with E-state index in [-0.39, 0.29) is 5.91 Å². The van der Waals surface area contributed by atoms with Gasteiger partial charge in [0.05, 0.1) is 13.7 Å². The fraction of sp³-hybridized carbons (Fsp3) is 0.265. The molecule has 1 amide bonds. The summed E-state index contributed by atoms with van der Waals surface area (Å²) in [4.78, 5) is 19.8. The van der Waals surface area contributed by atoms with E-state index < -0.39 is 0 Å². The van der Waals surface area contributed by atoms with E-state index in [0.717, 1.165) is 43.3 Å². The third kappa shape index (κ3) is 7.50. The van der Waals surface area contributed by atoms with Crippen LogP contribution in [0.4, 0.5) is 0 Å². The summed E-state index contributed by atoms with van der Waals surface area (Å²) in [7, 11) is 1.70. The molecule has 206 valence electrons. The molecule has 0 atom stereocenters. The van der Waals surface area contributed by atoms with Crippen molar-refractivity contribution in [2.75, 3.05) is 39.8 Å². The summed E-state index contributed by atoms with van der Waals surface area (Å²) in [5, 5.41) is 0. The molecule has 0 N–H and O–H groups in total. The summed E-state index contributed by atoms with van der Waals surface area (Å²) in [6.45, 7) is 6.01. The SMILES string of the molecule is COc1ccccc1CN(Cc1ccccc1)Cc1ccc(C(=O)N2CCN(CC=Cc3ccccc3)CC2)o1. The van der Waals surface area contributed by atoms with E-state index in [1.807, 2.05) is 59.5 Å². The van der Waals surface area contributed by atoms with Crippen LogP contribution in [-0.4, -0.2) is 60.4 Å². The number of piperazine rings is 1. The zero-order valence-corrected chi connectivity index (χ0v) is 23.1. The van der Waals surface area contributed by atoms with Gasteiger partial charge < -0.3 is 14.1 Å². The molecule has 0 radical (unpaired) electrons. The maximum Gasteiger partial charge on any atom is 0.289 e. The van der Waals surface area contributed by atoms with Crippen molar-refractivity contribution in [3.63, 3.8) is 0 Å². The van der Waals surface area contributed by atoms with Gasteiger partial charge in [-0.1, -0.05) is 91.0 Å². The van der Waals surface area contributed by atoms with Crippen molar-refractivity contribution in [2.45, 2.75) is 19.6 Å². The normalized spacial score (nSPS) is 14.2. The second-order valence-electron chi connectivity index (χ2n) is 10.1. The Kier molecular flexibility index (Phi) is 9.46. The van der Waals surface area contributed by atoms with Gasteiger partial charge in [-0.3, -0.25) is 14.6 Å². The highest BCUT2D eigenvalue weighted by atomic mass is 16.5. The van der Waals surface area contributed by atoms with Crippen molar-refractivity contribution in [1.82, 2.24) is 14.7 Å². The Labute approximate surface area is 237 Å². The highest BCUT2D eigenvalue weighted by Gasteiger charge is 2.24. The Morgan fingerprint density at radius 2 is 1.52 bits per heavy atom. The highest BCUT2D eigenvalue weighted by molar-refractivity contribution is 5.91. The lowest BCUT2D eigenvalue weighted by Crippen LogP contribution is -2.48. The average Bonchev–Trinajstić information content (AvgIpc) is 3.47. The van der Waals surface area contributed by atoms with Gasteiger partial charge in [-0.2, -0.15) is 0 Å². The van der Waals surface area contributed by atoms with Gasteiger partial charge in [-0.25, -0.2) is 0 Å². The molecule has 1 aliphatic heterocycles. The Bertz CT molecular complexity index is 1380. The molecule has 1 aliphatic rings. The zero-order valence-electron chi connectivity index (χ0n) is 23.1. The second kappa shape index (κ2) is 13.8. The molecule has 1 fully saturated rings. The van der Waals surface area contributed by atoms with Crippen LogP contribution in [0.5, 0.6) is 5.75 Å². The standard InChI is InChI=1S/C34H37N3O3/c1-39-32-17-9-8-16-30(32)26-36(25-29-13-6-3-7-14-29)27-31-18-19-33(40-31)34(38)37-23-21-35(22-24-37)20-10-15-28-11-4-2-5-12-28/h2-19H,20-27H2,1H3. The molecule has 6 heteroatoms. The molecule has 0 bridgehead atoms. The minimum Gasteiger partial charge on any atom is -0.496 e. The monoisotopic (exact) mass is 535 g/mol. The number of hydrogen-bond donors (Lipinski definition) is 0. The minimum absolute atomic E-state index is 0.0370. The van der Waals surface area contributed by atoms with Crippen LogP contribution in [0.15, 0.2) is 108 Å². The number of rotatable bonds is 11. The Hall–Kier alpha value is -4.13. The van der Waals surface area contributed by atoms with E-state index in [0.29, 0.717) is 31.9 Å². The molecular formula is C34H37N3O3. The molecule has 1 aromatic heterocycles. The molecule has 4 aromatic rings. The number of para-hydroxylation sites is 1.